The Bertz CT molecular complexity index is 4280. The van der Waals surface area contributed by atoms with E-state index in [2.05, 4.69) is 65.0 Å². The Hall–Kier alpha value is -8.34. The van der Waals surface area contributed by atoms with Crippen molar-refractivity contribution < 1.29 is 127 Å². The number of nitrogens with two attached hydrogens (primary N) is 2. The maximum atomic E-state index is 13.4. The first-order chi connectivity index (χ1) is 67.5. The second-order valence-corrected chi connectivity index (χ2v) is 42.8. The summed E-state index contributed by atoms with van der Waals surface area (Å²) < 4.78 is 49.7. The van der Waals surface area contributed by atoms with Crippen LogP contribution >= 0.6 is 0 Å². The highest BCUT2D eigenvalue weighted by Crippen LogP contribution is 2.48. The molecule has 0 aromatic rings. The number of carbonyl (C=O) groups excluding carboxylic acids is 9. The van der Waals surface area contributed by atoms with Gasteiger partial charge in [-0.25, -0.2) is 4.79 Å². The average Bonchev–Trinajstić information content (AvgIpc) is 0.760. The van der Waals surface area contributed by atoms with Crippen molar-refractivity contribution in [1.29, 1.82) is 10.8 Å². The van der Waals surface area contributed by atoms with Gasteiger partial charge in [-0.05, 0) is 143 Å². The summed E-state index contributed by atoms with van der Waals surface area (Å²) >= 11 is 0. The van der Waals surface area contributed by atoms with E-state index in [1.165, 1.54) is 18.2 Å². The summed E-state index contributed by atoms with van der Waals surface area (Å²) in [5.41, 5.74) is 9.36. The van der Waals surface area contributed by atoms with Crippen LogP contribution in [0.1, 0.15) is 310 Å². The first kappa shape index (κ1) is 132. The number of ether oxygens (including phenoxy) is 8. The fourth-order valence-corrected chi connectivity index (χ4v) is 19.4. The lowest BCUT2D eigenvalue weighted by atomic mass is 9.72. The van der Waals surface area contributed by atoms with Crippen LogP contribution in [0.25, 0.3) is 0 Å². The second-order valence-electron chi connectivity index (χ2n) is 42.8. The van der Waals surface area contributed by atoms with Crippen molar-refractivity contribution in [3.05, 3.63) is 134 Å². The smallest absolute Gasteiger partial charge is 0.373 e. The lowest BCUT2D eigenvalue weighted by Crippen LogP contribution is -2.55. The molecule has 0 unspecified atom stereocenters. The van der Waals surface area contributed by atoms with Crippen molar-refractivity contribution in [2.24, 2.45) is 57.3 Å². The van der Waals surface area contributed by atoms with Crippen LogP contribution in [0.3, 0.4) is 0 Å². The molecule has 32 heteroatoms. The van der Waals surface area contributed by atoms with E-state index < -0.39 is 70.9 Å². The Morgan fingerprint density at radius 3 is 1.08 bits per heavy atom. The molecule has 816 valence electrons. The molecule has 6 aliphatic heterocycles. The Balaban J connectivity index is 0.000000713. The zero-order valence-corrected chi connectivity index (χ0v) is 89.8. The molecule has 0 radical (unpaired) electrons. The summed E-state index contributed by atoms with van der Waals surface area (Å²) in [4.78, 5) is 106. The van der Waals surface area contributed by atoms with Crippen molar-refractivity contribution in [2.75, 3.05) is 27.3 Å². The first-order valence-electron chi connectivity index (χ1n) is 51.7. The molecule has 6 saturated heterocycles. The molecular weight excluding hydrogens is 1850 g/mol. The quantitative estimate of drug-likeness (QED) is 0.00671. The predicted octanol–water partition coefficient (Wildman–Crippen LogP) is 15.2. The van der Waals surface area contributed by atoms with E-state index in [0.717, 1.165) is 99.8 Å². The van der Waals surface area contributed by atoms with Gasteiger partial charge in [0, 0.05) is 169 Å². The zero-order valence-electron chi connectivity index (χ0n) is 89.8. The molecule has 6 heterocycles. The number of amidine groups is 2. The molecule has 144 heavy (non-hydrogen) atoms. The number of carbonyl (C=O) groups is 6. The van der Waals surface area contributed by atoms with E-state index in [-0.39, 0.29) is 180 Å². The van der Waals surface area contributed by atoms with Gasteiger partial charge in [0.2, 0.25) is 11.8 Å². The Morgan fingerprint density at radius 2 is 0.764 bits per heavy atom. The fraction of sp³-hybridized carbons (Fsp3) is 0.714. The third kappa shape index (κ3) is 46.6. The molecule has 16 N–H and O–H groups in total. The molecule has 0 bridgehead atoms. The van der Waals surface area contributed by atoms with Crippen LogP contribution in [0.5, 0.6) is 0 Å². The zero-order chi connectivity index (χ0) is 109. The minimum absolute atomic E-state index is 0.107. The molecule has 0 saturated carbocycles. The number of aliphatic hydroxyl groups excluding tert-OH is 7. The summed E-state index contributed by atoms with van der Waals surface area (Å²) in [6, 6.07) is 0. The van der Waals surface area contributed by atoms with E-state index >= 15 is 0 Å². The van der Waals surface area contributed by atoms with Crippen LogP contribution in [0.4, 0.5) is 0 Å². The van der Waals surface area contributed by atoms with Gasteiger partial charge < -0.3 is 101 Å². The van der Waals surface area contributed by atoms with E-state index in [1.54, 1.807) is 65.4 Å². The minimum Gasteiger partial charge on any atom is -0.478 e. The normalized spacial score (nSPS) is 29.1. The number of unbranched alkanes of at least 4 members (excludes halogenated alkanes) is 7. The SMILES string of the molecule is C=C1C[C@](C)([C@H](O)C(=O)CC[C@@H]2C[C@H](O)C(C)(C)[C@@H](C[C@H](O)CCC/C=C/C=C/C=C/C(=O)NCCCCCC(=N)N)O2)O[C@H](C)[C@@H]1C.C=C1C[C@](C)([C@H](O)C(=O)C[C@@H](C)[C@@H]2C[C@@H](OC)C(C)(C)[C@@H](C[C@H](O)CCC/C=C/C=C/C(=O)O)O2)O[C@H](C)[C@@H]1C.C=C1C[C@](C)([C@H](O)C(=O)C[C@@H](C)[C@@H]2C[C@@H](OC)C(C)(C)[C@@H](C[C@H](O)CCC/C=C/C=C/C=C/C(=O)NCCCCCC(=N)N)O2)O[C@H](C)[C@@H]1C.O=C=O.O=C=O. The number of hydrogen-bond acceptors (Lipinski definition) is 27. The number of ketones is 3. The van der Waals surface area contributed by atoms with Crippen molar-refractivity contribution in [1.82, 2.24) is 10.6 Å². The van der Waals surface area contributed by atoms with Gasteiger partial charge in [0.1, 0.15) is 35.1 Å². The van der Waals surface area contributed by atoms with Crippen LogP contribution in [0, 0.1) is 56.7 Å². The van der Waals surface area contributed by atoms with E-state index in [9.17, 15) is 64.5 Å². The van der Waals surface area contributed by atoms with Crippen LogP contribution in [0.15, 0.2) is 134 Å². The number of carboxylic acids is 1. The maximum absolute atomic E-state index is 13.4. The third-order valence-electron chi connectivity index (χ3n) is 29.8. The topological polar surface area (TPSA) is 530 Å². The largest absolute Gasteiger partial charge is 0.478 e. The summed E-state index contributed by atoms with van der Waals surface area (Å²) in [6.45, 7) is 47.2. The lowest BCUT2D eigenvalue weighted by Gasteiger charge is -2.49. The van der Waals surface area contributed by atoms with Gasteiger partial charge in [0.15, 0.2) is 17.3 Å². The van der Waals surface area contributed by atoms with Gasteiger partial charge in [0.25, 0.3) is 0 Å². The minimum atomic E-state index is -1.27. The second kappa shape index (κ2) is 66.9. The van der Waals surface area contributed by atoms with Crippen LogP contribution in [0.2, 0.25) is 0 Å². The fourth-order valence-electron chi connectivity index (χ4n) is 19.4. The van der Waals surface area contributed by atoms with Gasteiger partial charge in [-0.3, -0.25) is 34.8 Å². The van der Waals surface area contributed by atoms with Crippen molar-refractivity contribution in [3.63, 3.8) is 0 Å². The molecule has 0 aliphatic carbocycles. The molecule has 6 fully saturated rings. The number of Topliss-reactive ketones (excluding diaryl/α,β-unsaturated/α-hetero) is 3. The number of allylic oxidation sites excluding steroid dienone is 13. The van der Waals surface area contributed by atoms with Gasteiger partial charge in [-0.15, -0.1) is 0 Å². The number of nitrogens with one attached hydrogen (secondary N) is 4. The standard InChI is InChI=1S/C40H67N3O7.C38H63N3O7.C32H52O8.2CO2/c1-27(23-32(45)38(47)40(7)26-28(2)29(3)30(4)50-40)33-25-34(48-8)39(5,6)35(49-33)24-31(44)19-15-12-10-9-11-13-17-21-37(46)43-22-18-14-16-20-36(41)42;1-26-25-38(6,48-28(3)27(26)2)36(46)31(43)21-20-30-24-32(44)37(4,5)33(47-30)23-29(42)17-13-10-8-7-9-11-15-19-35(45)41-22-16-12-14-18-34(39)40;1-20(16-25(34)30(37)32(7)19-21(2)22(3)23(4)40-32)26-18-27(38-8)31(5,6)28(39-26)17-24(33)14-12-10-9-11-13-15-29(35)36;2*2-1-3/h9-11,13,17,21,27,29-31,33-35,38,44,47H,2,12,14-16,18-20,22-26H2,1,3-8H3,(H3,41,42)(H,43,46);7-9,11,15,19,27-30,32-33,36,42,44,46H,1,10,12-14,16-18,20-25H2,2-6H3,(H3,39,40)(H,41,45);9,11,13,15,20,22-24,26-28,30,33,37H,2,10,12,14,16-19H2,1,3-8H3,(H,35,36);;/b10-9+,13-11+,21-17+;8-7+,11-9+,19-15+;11-9+,15-13+;;/t27-,29-,30-,31-,33+,34-,35-,38-,40-;27-,28-,29-,30-,32+,33-,36-,38-;20-,22-,23-,24-,26+,27-,28-,30-,32-;;/m111../s1. The number of hydrogen-bond donors (Lipinski definition) is 14. The van der Waals surface area contributed by atoms with Crippen LogP contribution in [-0.4, -0.2) is 254 Å². The third-order valence-corrected chi connectivity index (χ3v) is 29.8. The van der Waals surface area contributed by atoms with E-state index in [1.807, 2.05) is 105 Å². The summed E-state index contributed by atoms with van der Waals surface area (Å²) in [5.74, 6) is -1.52. The molecule has 0 spiro atoms. The Labute approximate surface area is 858 Å². The molecular formula is C112H182N6O26. The predicted molar refractivity (Wildman–Crippen MR) is 555 cm³/mol. The summed E-state index contributed by atoms with van der Waals surface area (Å²) in [5, 5.41) is 105. The average molecular weight is 2030 g/mol. The molecule has 6 rings (SSSR count). The highest BCUT2D eigenvalue weighted by atomic mass is 16.5. The van der Waals surface area contributed by atoms with Gasteiger partial charge in [0.05, 0.1) is 103 Å². The highest BCUT2D eigenvalue weighted by Gasteiger charge is 2.53. The number of methoxy groups -OCH3 is 2. The van der Waals surface area contributed by atoms with Gasteiger partial charge >= 0.3 is 18.3 Å². The molecule has 0 aromatic carbocycles. The van der Waals surface area contributed by atoms with Crippen LogP contribution in [-0.2, 0) is 85.8 Å². The molecule has 32 nitrogen and oxygen atoms in total. The number of aliphatic carboxylic acids is 1. The number of rotatable bonds is 55. The summed E-state index contributed by atoms with van der Waals surface area (Å²) in [6.07, 6.45) is 37.7. The number of aliphatic hydroxyl groups is 7. The van der Waals surface area contributed by atoms with Crippen molar-refractivity contribution >= 4 is 59.1 Å². The van der Waals surface area contributed by atoms with Gasteiger partial charge in [-0.2, -0.15) is 19.2 Å². The highest BCUT2D eigenvalue weighted by molar-refractivity contribution is 5.88. The monoisotopic (exact) mass is 2030 g/mol. The molecule has 26 atom stereocenters. The maximum Gasteiger partial charge on any atom is 0.373 e. The van der Waals surface area contributed by atoms with Crippen molar-refractivity contribution in [2.45, 2.75) is 437 Å². The number of carboxylic acid groups (broad SMARTS) is 1. The van der Waals surface area contributed by atoms with Crippen molar-refractivity contribution in [3.8, 4) is 0 Å². The lowest BCUT2D eigenvalue weighted by molar-refractivity contribution is -0.204. The summed E-state index contributed by atoms with van der Waals surface area (Å²) in [7, 11) is 3.38. The van der Waals surface area contributed by atoms with Crippen LogP contribution < -0.4 is 22.1 Å². The number of amides is 2. The van der Waals surface area contributed by atoms with E-state index in [4.69, 9.17) is 84.5 Å². The van der Waals surface area contributed by atoms with E-state index in [0.29, 0.717) is 109 Å². The molecule has 0 aromatic heterocycles. The van der Waals surface area contributed by atoms with Gasteiger partial charge in [-0.1, -0.05) is 204 Å². The Morgan fingerprint density at radius 1 is 0.451 bits per heavy atom. The first-order valence-corrected chi connectivity index (χ1v) is 51.7. The molecule has 6 aliphatic rings. The Kier molecular flexibility index (Phi) is 61.2. The molecule has 2 amide bonds.